The van der Waals surface area contributed by atoms with E-state index in [4.69, 9.17) is 11.6 Å². The van der Waals surface area contributed by atoms with Crippen LogP contribution in [0.15, 0.2) is 47.3 Å². The van der Waals surface area contributed by atoms with Crippen molar-refractivity contribution >= 4 is 17.5 Å². The van der Waals surface area contributed by atoms with Crippen molar-refractivity contribution in [2.24, 2.45) is 0 Å². The van der Waals surface area contributed by atoms with E-state index in [-0.39, 0.29) is 18.1 Å². The van der Waals surface area contributed by atoms with E-state index in [1.54, 1.807) is 6.07 Å². The Labute approximate surface area is 150 Å². The number of carbonyl (C=O) groups excluding carboxylic acids is 1. The Morgan fingerprint density at radius 3 is 2.54 bits per heavy atom. The van der Waals surface area contributed by atoms with Gasteiger partial charge in [0.1, 0.15) is 18.2 Å². The van der Waals surface area contributed by atoms with Crippen molar-refractivity contribution in [3.8, 4) is 5.69 Å². The first-order chi connectivity index (χ1) is 12.4. The van der Waals surface area contributed by atoms with Gasteiger partial charge in [-0.2, -0.15) is 9.36 Å². The van der Waals surface area contributed by atoms with Gasteiger partial charge in [0, 0.05) is 6.54 Å². The van der Waals surface area contributed by atoms with Crippen LogP contribution in [0.25, 0.3) is 5.69 Å². The van der Waals surface area contributed by atoms with E-state index in [0.29, 0.717) is 11.3 Å². The van der Waals surface area contributed by atoms with E-state index in [9.17, 15) is 18.4 Å². The standard InChI is InChI=1S/C16H12ClF2N5O2/c17-13-6-1-10(7-14(13)19)8-20-15(25)9-23-16(26)24(22-21-23)12-4-2-11(18)3-5-12/h1-7H,8-9H2,(H,20,25). The van der Waals surface area contributed by atoms with Gasteiger partial charge in [0.05, 0.1) is 10.7 Å². The molecule has 10 heteroatoms. The molecular weight excluding hydrogens is 368 g/mol. The third-order valence-electron chi connectivity index (χ3n) is 3.48. The maximum Gasteiger partial charge on any atom is 0.368 e. The minimum atomic E-state index is -0.649. The second-order valence-corrected chi connectivity index (χ2v) is 5.74. The van der Waals surface area contributed by atoms with E-state index in [2.05, 4.69) is 15.7 Å². The van der Waals surface area contributed by atoms with E-state index in [1.165, 1.54) is 36.4 Å². The minimum Gasteiger partial charge on any atom is -0.350 e. The largest absolute Gasteiger partial charge is 0.368 e. The van der Waals surface area contributed by atoms with Gasteiger partial charge in [-0.05, 0) is 52.4 Å². The number of benzene rings is 2. The first kappa shape index (κ1) is 17.7. The van der Waals surface area contributed by atoms with Gasteiger partial charge >= 0.3 is 5.69 Å². The number of amides is 1. The van der Waals surface area contributed by atoms with Crippen LogP contribution in [0.4, 0.5) is 8.78 Å². The summed E-state index contributed by atoms with van der Waals surface area (Å²) in [6.45, 7) is -0.302. The lowest BCUT2D eigenvalue weighted by Gasteiger charge is -2.05. The van der Waals surface area contributed by atoms with Gasteiger partial charge in [-0.25, -0.2) is 13.6 Å². The fourth-order valence-electron chi connectivity index (χ4n) is 2.16. The van der Waals surface area contributed by atoms with Crippen molar-refractivity contribution in [3.05, 3.63) is 75.2 Å². The SMILES string of the molecule is O=C(Cn1nnn(-c2ccc(F)cc2)c1=O)NCc1ccc(Cl)c(F)c1. The number of nitrogens with one attached hydrogen (secondary N) is 1. The molecule has 1 aromatic heterocycles. The lowest BCUT2D eigenvalue weighted by Crippen LogP contribution is -2.33. The summed E-state index contributed by atoms with van der Waals surface area (Å²) in [5.74, 6) is -1.54. The Bertz CT molecular complexity index is 1000. The summed E-state index contributed by atoms with van der Waals surface area (Å²) in [6, 6.07) is 9.26. The second kappa shape index (κ2) is 7.44. The Kier molecular flexibility index (Phi) is 5.08. The van der Waals surface area contributed by atoms with Crippen molar-refractivity contribution in [3.63, 3.8) is 0 Å². The number of carbonyl (C=O) groups is 1. The predicted octanol–water partition coefficient (Wildman–Crippen LogP) is 1.68. The number of hydrogen-bond acceptors (Lipinski definition) is 4. The molecule has 3 aromatic rings. The van der Waals surface area contributed by atoms with E-state index >= 15 is 0 Å². The molecule has 0 aliphatic carbocycles. The van der Waals surface area contributed by atoms with Gasteiger partial charge in [0.15, 0.2) is 0 Å². The van der Waals surface area contributed by atoms with Crippen LogP contribution in [0.3, 0.4) is 0 Å². The number of halogens is 3. The molecule has 0 radical (unpaired) electrons. The number of aromatic nitrogens is 4. The van der Waals surface area contributed by atoms with Crippen molar-refractivity contribution < 1.29 is 13.6 Å². The van der Waals surface area contributed by atoms with Gasteiger partial charge in [-0.3, -0.25) is 4.79 Å². The highest BCUT2D eigenvalue weighted by Crippen LogP contribution is 2.15. The molecule has 0 bridgehead atoms. The Hall–Kier alpha value is -3.07. The van der Waals surface area contributed by atoms with Gasteiger partial charge in [-0.15, -0.1) is 0 Å². The molecule has 0 aliphatic rings. The van der Waals surface area contributed by atoms with Crippen LogP contribution < -0.4 is 11.0 Å². The van der Waals surface area contributed by atoms with Crippen molar-refractivity contribution in [2.45, 2.75) is 13.1 Å². The zero-order valence-electron chi connectivity index (χ0n) is 13.2. The highest BCUT2D eigenvalue weighted by Gasteiger charge is 2.12. The molecule has 134 valence electrons. The molecule has 2 aromatic carbocycles. The second-order valence-electron chi connectivity index (χ2n) is 5.33. The van der Waals surface area contributed by atoms with E-state index in [0.717, 1.165) is 9.36 Å². The average Bonchev–Trinajstić information content (AvgIpc) is 2.97. The van der Waals surface area contributed by atoms with Gasteiger partial charge in [-0.1, -0.05) is 17.7 Å². The number of hydrogen-bond donors (Lipinski definition) is 1. The zero-order valence-corrected chi connectivity index (χ0v) is 14.0. The maximum atomic E-state index is 13.4. The van der Waals surface area contributed by atoms with E-state index in [1.807, 2.05) is 0 Å². The van der Waals surface area contributed by atoms with Crippen LogP contribution in [-0.2, 0) is 17.9 Å². The first-order valence-corrected chi connectivity index (χ1v) is 7.81. The molecule has 0 fully saturated rings. The Morgan fingerprint density at radius 1 is 1.12 bits per heavy atom. The van der Waals surface area contributed by atoms with Crippen molar-refractivity contribution in [1.82, 2.24) is 25.1 Å². The normalized spacial score (nSPS) is 10.7. The number of tetrazole rings is 1. The topological polar surface area (TPSA) is 81.8 Å². The lowest BCUT2D eigenvalue weighted by molar-refractivity contribution is -0.122. The summed E-state index contributed by atoms with van der Waals surface area (Å²) < 4.78 is 28.1. The molecule has 1 amide bonds. The summed E-state index contributed by atoms with van der Waals surface area (Å²) in [7, 11) is 0. The van der Waals surface area contributed by atoms with Gasteiger partial charge in [0.25, 0.3) is 0 Å². The summed E-state index contributed by atoms with van der Waals surface area (Å²) in [6.07, 6.45) is 0. The Morgan fingerprint density at radius 2 is 1.85 bits per heavy atom. The molecule has 3 rings (SSSR count). The predicted molar refractivity (Wildman–Crippen MR) is 88.8 cm³/mol. The molecular formula is C16H12ClF2N5O2. The van der Waals surface area contributed by atoms with Crippen LogP contribution in [0.1, 0.15) is 5.56 Å². The average molecular weight is 380 g/mol. The third-order valence-corrected chi connectivity index (χ3v) is 3.78. The fraction of sp³-hybridized carbons (Fsp3) is 0.125. The summed E-state index contributed by atoms with van der Waals surface area (Å²) in [5, 5.41) is 9.81. The molecule has 0 aliphatic heterocycles. The zero-order chi connectivity index (χ0) is 18.7. The molecule has 0 saturated carbocycles. The molecule has 0 atom stereocenters. The van der Waals surface area contributed by atoms with Crippen LogP contribution >= 0.6 is 11.6 Å². The quantitative estimate of drug-likeness (QED) is 0.731. The van der Waals surface area contributed by atoms with Gasteiger partial charge in [0.2, 0.25) is 5.91 Å². The van der Waals surface area contributed by atoms with Crippen LogP contribution in [-0.4, -0.2) is 25.7 Å². The van der Waals surface area contributed by atoms with Crippen molar-refractivity contribution in [2.75, 3.05) is 0 Å². The summed E-state index contributed by atoms with van der Waals surface area (Å²) >= 11 is 5.59. The van der Waals surface area contributed by atoms with Crippen LogP contribution in [0.5, 0.6) is 0 Å². The summed E-state index contributed by atoms with van der Waals surface area (Å²) in [5.41, 5.74) is 0.187. The maximum absolute atomic E-state index is 13.4. The molecule has 0 saturated heterocycles. The highest BCUT2D eigenvalue weighted by atomic mass is 35.5. The molecule has 26 heavy (non-hydrogen) atoms. The number of nitrogens with zero attached hydrogens (tertiary/aromatic N) is 4. The minimum absolute atomic E-state index is 0.0102. The molecule has 7 nitrogen and oxygen atoms in total. The third kappa shape index (κ3) is 3.94. The fourth-order valence-corrected chi connectivity index (χ4v) is 2.28. The lowest BCUT2D eigenvalue weighted by atomic mass is 10.2. The molecule has 0 spiro atoms. The Balaban J connectivity index is 1.65. The highest BCUT2D eigenvalue weighted by molar-refractivity contribution is 6.30. The van der Waals surface area contributed by atoms with Gasteiger partial charge < -0.3 is 5.32 Å². The number of rotatable bonds is 5. The summed E-state index contributed by atoms with van der Waals surface area (Å²) in [4.78, 5) is 24.2. The van der Waals surface area contributed by atoms with Crippen molar-refractivity contribution in [1.29, 1.82) is 0 Å². The molecule has 1 N–H and O–H groups in total. The first-order valence-electron chi connectivity index (χ1n) is 7.43. The smallest absolute Gasteiger partial charge is 0.350 e. The molecule has 0 unspecified atom stereocenters. The monoisotopic (exact) mass is 379 g/mol. The molecule has 1 heterocycles. The van der Waals surface area contributed by atoms with Crippen LogP contribution in [0, 0.1) is 11.6 Å². The van der Waals surface area contributed by atoms with E-state index < -0.39 is 23.2 Å². The van der Waals surface area contributed by atoms with Crippen LogP contribution in [0.2, 0.25) is 5.02 Å².